The van der Waals surface area contributed by atoms with Gasteiger partial charge in [-0.25, -0.2) is 0 Å². The molecule has 0 aromatic heterocycles. The molecule has 0 saturated carbocycles. The minimum absolute atomic E-state index is 1.08. The third kappa shape index (κ3) is 10.2. The van der Waals surface area contributed by atoms with Crippen molar-refractivity contribution >= 4 is 13.4 Å². The van der Waals surface area contributed by atoms with Crippen molar-refractivity contribution in [3.63, 3.8) is 0 Å². The molecule has 0 fully saturated rings. The molecular formula is C17H32N2. The fourth-order valence-corrected chi connectivity index (χ4v) is 1.25. The van der Waals surface area contributed by atoms with Crippen LogP contribution >= 0.6 is 0 Å². The van der Waals surface area contributed by atoms with E-state index in [-0.39, 0.29) is 0 Å². The lowest BCUT2D eigenvalue weighted by Gasteiger charge is -2.08. The van der Waals surface area contributed by atoms with Crippen LogP contribution in [0.5, 0.6) is 0 Å². The van der Waals surface area contributed by atoms with Gasteiger partial charge in [-0.1, -0.05) is 45.3 Å². The molecule has 0 rings (SSSR count). The Kier molecular flexibility index (Phi) is 11.0. The van der Waals surface area contributed by atoms with E-state index in [1.165, 1.54) is 16.7 Å². The monoisotopic (exact) mass is 264 g/mol. The summed E-state index contributed by atoms with van der Waals surface area (Å²) in [6, 6.07) is 0. The maximum atomic E-state index is 3.74. The quantitative estimate of drug-likeness (QED) is 0.393. The predicted molar refractivity (Wildman–Crippen MR) is 87.7 cm³/mol. The van der Waals surface area contributed by atoms with Gasteiger partial charge in [0, 0.05) is 20.5 Å². The molecule has 0 spiro atoms. The van der Waals surface area contributed by atoms with E-state index in [0.29, 0.717) is 0 Å². The second-order valence-corrected chi connectivity index (χ2v) is 4.96. The van der Waals surface area contributed by atoms with Crippen LogP contribution in [0.15, 0.2) is 22.4 Å². The lowest BCUT2D eigenvalue weighted by atomic mass is 10.1. The molecule has 0 aliphatic rings. The Morgan fingerprint density at radius 1 is 1.00 bits per heavy atom. The summed E-state index contributed by atoms with van der Waals surface area (Å²) in [5, 5.41) is 0. The van der Waals surface area contributed by atoms with E-state index in [4.69, 9.17) is 0 Å². The number of rotatable bonds is 5. The molecule has 2 heteroatoms. The van der Waals surface area contributed by atoms with Gasteiger partial charge in [-0.15, -0.1) is 0 Å². The number of hydrogen-bond donors (Lipinski definition) is 0. The second-order valence-electron chi connectivity index (χ2n) is 4.96. The van der Waals surface area contributed by atoms with Crippen molar-refractivity contribution in [2.45, 2.75) is 54.4 Å². The number of nitrogens with zero attached hydrogens (tertiary/aromatic N) is 2. The van der Waals surface area contributed by atoms with E-state index in [1.807, 2.05) is 25.1 Å². The summed E-state index contributed by atoms with van der Waals surface area (Å²) in [6.45, 7) is 22.1. The van der Waals surface area contributed by atoms with Gasteiger partial charge in [-0.3, -0.25) is 0 Å². The highest BCUT2D eigenvalue weighted by Crippen LogP contribution is 2.09. The molecule has 0 atom stereocenters. The first-order chi connectivity index (χ1) is 8.67. The van der Waals surface area contributed by atoms with Crippen LogP contribution in [0.1, 0.15) is 54.4 Å². The third-order valence-corrected chi connectivity index (χ3v) is 3.24. The molecule has 19 heavy (non-hydrogen) atoms. The van der Waals surface area contributed by atoms with E-state index in [0.717, 1.165) is 18.5 Å². The maximum Gasteiger partial charge on any atom is 0.114 e. The highest BCUT2D eigenvalue weighted by molar-refractivity contribution is 5.19. The molecule has 0 aliphatic heterocycles. The summed E-state index contributed by atoms with van der Waals surface area (Å²) in [5.41, 5.74) is 5.26. The summed E-state index contributed by atoms with van der Waals surface area (Å²) < 4.78 is 3.48. The fraction of sp³-hybridized carbons (Fsp3) is 0.529. The van der Waals surface area contributed by atoms with Crippen molar-refractivity contribution in [1.82, 2.24) is 0 Å². The van der Waals surface area contributed by atoms with E-state index in [9.17, 15) is 0 Å². The molecule has 0 N–H and O–H groups in total. The van der Waals surface area contributed by atoms with Gasteiger partial charge in [0.15, 0.2) is 0 Å². The first kappa shape index (κ1) is 19.9. The Hall–Kier alpha value is -1.44. The van der Waals surface area contributed by atoms with Crippen LogP contribution in [0.25, 0.3) is 0 Å². The lowest BCUT2D eigenvalue weighted by Crippen LogP contribution is -1.99. The van der Waals surface area contributed by atoms with Crippen LogP contribution in [0.4, 0.5) is 0 Å². The van der Waals surface area contributed by atoms with Gasteiger partial charge >= 0.3 is 0 Å². The van der Waals surface area contributed by atoms with E-state index >= 15 is 0 Å². The summed E-state index contributed by atoms with van der Waals surface area (Å²) in [6.07, 6.45) is 2.20. The molecular weight excluding hydrogens is 232 g/mol. The van der Waals surface area contributed by atoms with Crippen molar-refractivity contribution < 1.29 is 9.15 Å². The minimum Gasteiger partial charge on any atom is -0.343 e. The molecule has 0 aliphatic carbocycles. The first-order valence-corrected chi connectivity index (χ1v) is 6.79. The summed E-state index contributed by atoms with van der Waals surface area (Å²) >= 11 is 0. The number of likely N-dealkylation sites (N-methyl/N-ethyl adjacent to an activating group) is 1. The molecule has 0 amide bonds. The van der Waals surface area contributed by atoms with E-state index in [1.54, 1.807) is 4.58 Å². The molecule has 0 aromatic carbocycles. The smallest absolute Gasteiger partial charge is 0.114 e. The Bertz CT molecular complexity index is 371. The molecule has 0 bridgehead atoms. The minimum atomic E-state index is 1.08. The molecule has 0 saturated heterocycles. The summed E-state index contributed by atoms with van der Waals surface area (Å²) in [7, 11) is 5.61. The van der Waals surface area contributed by atoms with Gasteiger partial charge in [0.1, 0.15) is 7.05 Å². The normalized spacial score (nSPS) is 12.6. The van der Waals surface area contributed by atoms with Gasteiger partial charge in [0.25, 0.3) is 0 Å². The highest BCUT2D eigenvalue weighted by atomic mass is 14.9. The van der Waals surface area contributed by atoms with Gasteiger partial charge in [0.05, 0.1) is 12.2 Å². The number of hydrogen-bond acceptors (Lipinski definition) is 0. The Balaban J connectivity index is 0. The second kappa shape index (κ2) is 10.5. The SMILES string of the molecule is C=[N+](C)[CH-]/C(C)=C(/C)CC.C=[N+]([CH2-])/C(C)=C(/C)CC. The van der Waals surface area contributed by atoms with Crippen molar-refractivity contribution in [3.8, 4) is 0 Å². The standard InChI is InChI=1S/C9H17N.C8H15N/c1-6-8(2)9(3)7-10(4)5;1-6-7(2)8(3)9(4)5/h7H,4,6H2,1-3,5H3;4-6H2,1-3H3/b9-8-;8-7-. The zero-order valence-corrected chi connectivity index (χ0v) is 14.0. The van der Waals surface area contributed by atoms with Crippen LogP contribution in [0, 0.1) is 13.6 Å². The van der Waals surface area contributed by atoms with Crippen molar-refractivity contribution in [2.75, 3.05) is 7.05 Å². The van der Waals surface area contributed by atoms with Crippen LogP contribution in [0.2, 0.25) is 0 Å². The van der Waals surface area contributed by atoms with Crippen LogP contribution in [-0.2, 0) is 0 Å². The largest absolute Gasteiger partial charge is 0.343 e. The van der Waals surface area contributed by atoms with Gasteiger partial charge in [0.2, 0.25) is 0 Å². The average Bonchev–Trinajstić information content (AvgIpc) is 2.35. The van der Waals surface area contributed by atoms with Crippen molar-refractivity contribution in [1.29, 1.82) is 0 Å². The topological polar surface area (TPSA) is 6.02 Å². The van der Waals surface area contributed by atoms with E-state index < -0.39 is 0 Å². The van der Waals surface area contributed by atoms with Gasteiger partial charge < -0.3 is 9.15 Å². The maximum absolute atomic E-state index is 3.74. The molecule has 0 unspecified atom stereocenters. The lowest BCUT2D eigenvalue weighted by molar-refractivity contribution is -0.439. The molecule has 0 heterocycles. The zero-order chi connectivity index (χ0) is 15.6. The van der Waals surface area contributed by atoms with Crippen LogP contribution < -0.4 is 0 Å². The van der Waals surface area contributed by atoms with Crippen molar-refractivity contribution in [2.24, 2.45) is 0 Å². The van der Waals surface area contributed by atoms with Gasteiger partial charge in [-0.2, -0.15) is 5.57 Å². The van der Waals surface area contributed by atoms with Crippen LogP contribution in [0.3, 0.4) is 0 Å². The summed E-state index contributed by atoms with van der Waals surface area (Å²) in [4.78, 5) is 0. The zero-order valence-electron chi connectivity index (χ0n) is 14.0. The first-order valence-electron chi connectivity index (χ1n) is 6.79. The predicted octanol–water partition coefficient (Wildman–Crippen LogP) is 4.43. The van der Waals surface area contributed by atoms with Crippen LogP contribution in [-0.4, -0.2) is 29.6 Å². The summed E-state index contributed by atoms with van der Waals surface area (Å²) in [5.74, 6) is 0. The molecule has 2 nitrogen and oxygen atoms in total. The van der Waals surface area contributed by atoms with Crippen molar-refractivity contribution in [3.05, 3.63) is 36.0 Å². The van der Waals surface area contributed by atoms with E-state index in [2.05, 4.69) is 55.1 Å². The molecule has 110 valence electrons. The van der Waals surface area contributed by atoms with Gasteiger partial charge in [-0.05, 0) is 20.3 Å². The highest BCUT2D eigenvalue weighted by Gasteiger charge is 1.92. The average molecular weight is 264 g/mol. The Morgan fingerprint density at radius 2 is 1.42 bits per heavy atom. The fourth-order valence-electron chi connectivity index (χ4n) is 1.25. The third-order valence-electron chi connectivity index (χ3n) is 3.24. The Morgan fingerprint density at radius 3 is 1.63 bits per heavy atom. The molecule has 0 aromatic rings. The Labute approximate surface area is 120 Å². The number of allylic oxidation sites excluding steroid dienone is 3. The molecule has 0 radical (unpaired) electrons.